The molecule has 2 atom stereocenters. The Morgan fingerprint density at radius 3 is 3.13 bits per heavy atom. The fourth-order valence-electron chi connectivity index (χ4n) is 2.22. The number of nitrogens with zero attached hydrogens (tertiary/aromatic N) is 1. The standard InChI is InChI=1S/C11H13NO3/c1-7-5-9-8(3-2-4-12-9)11(7,15)6-10(13)14/h2-4,7,15H,5-6H2,1H3,(H,13,14). The lowest BCUT2D eigenvalue weighted by Gasteiger charge is -2.26. The first-order chi connectivity index (χ1) is 7.04. The molecule has 1 heterocycles. The molecular formula is C11H13NO3. The maximum Gasteiger partial charge on any atom is 0.306 e. The van der Waals surface area contributed by atoms with Crippen LogP contribution in [0.1, 0.15) is 24.6 Å². The molecule has 2 unspecified atom stereocenters. The number of aliphatic hydroxyl groups is 1. The molecule has 0 aliphatic heterocycles. The number of carbonyl (C=O) groups is 1. The Labute approximate surface area is 87.6 Å². The third-order valence-corrected chi connectivity index (χ3v) is 3.09. The van der Waals surface area contributed by atoms with E-state index in [1.54, 1.807) is 18.3 Å². The Balaban J connectivity index is 2.44. The molecule has 0 saturated heterocycles. The number of fused-ring (bicyclic) bond motifs is 1. The number of hydrogen-bond donors (Lipinski definition) is 2. The highest BCUT2D eigenvalue weighted by atomic mass is 16.4. The minimum atomic E-state index is -1.25. The van der Waals surface area contributed by atoms with E-state index in [0.717, 1.165) is 5.69 Å². The largest absolute Gasteiger partial charge is 0.481 e. The molecule has 0 fully saturated rings. The second-order valence-corrected chi connectivity index (χ2v) is 4.10. The van der Waals surface area contributed by atoms with Crippen molar-refractivity contribution in [2.75, 3.05) is 0 Å². The van der Waals surface area contributed by atoms with Crippen molar-refractivity contribution >= 4 is 5.97 Å². The van der Waals surface area contributed by atoms with Crippen LogP contribution in [0, 0.1) is 5.92 Å². The molecule has 0 radical (unpaired) electrons. The molecule has 1 aromatic rings. The summed E-state index contributed by atoms with van der Waals surface area (Å²) in [5.74, 6) is -1.08. The van der Waals surface area contributed by atoms with Crippen LogP contribution in [0.3, 0.4) is 0 Å². The van der Waals surface area contributed by atoms with E-state index >= 15 is 0 Å². The monoisotopic (exact) mass is 207 g/mol. The zero-order valence-corrected chi connectivity index (χ0v) is 8.47. The molecule has 80 valence electrons. The molecule has 0 saturated carbocycles. The summed E-state index contributed by atoms with van der Waals surface area (Å²) < 4.78 is 0. The van der Waals surface area contributed by atoms with Gasteiger partial charge in [-0.15, -0.1) is 0 Å². The van der Waals surface area contributed by atoms with Gasteiger partial charge in [0.2, 0.25) is 0 Å². The quantitative estimate of drug-likeness (QED) is 0.757. The molecular weight excluding hydrogens is 194 g/mol. The summed E-state index contributed by atoms with van der Waals surface area (Å²) in [7, 11) is 0. The highest BCUT2D eigenvalue weighted by Crippen LogP contribution is 2.42. The van der Waals surface area contributed by atoms with E-state index in [2.05, 4.69) is 4.98 Å². The van der Waals surface area contributed by atoms with Gasteiger partial charge in [-0.05, 0) is 18.4 Å². The molecule has 2 N–H and O–H groups in total. The van der Waals surface area contributed by atoms with Gasteiger partial charge in [-0.25, -0.2) is 0 Å². The van der Waals surface area contributed by atoms with Crippen LogP contribution in [-0.4, -0.2) is 21.2 Å². The number of rotatable bonds is 2. The molecule has 0 amide bonds. The summed E-state index contributed by atoms with van der Waals surface area (Å²) in [5.41, 5.74) is 0.226. The van der Waals surface area contributed by atoms with Gasteiger partial charge in [0.05, 0.1) is 6.42 Å². The topological polar surface area (TPSA) is 70.4 Å². The molecule has 2 rings (SSSR count). The van der Waals surface area contributed by atoms with Crippen molar-refractivity contribution in [2.45, 2.75) is 25.4 Å². The van der Waals surface area contributed by atoms with Crippen LogP contribution in [0.25, 0.3) is 0 Å². The van der Waals surface area contributed by atoms with Crippen molar-refractivity contribution in [3.63, 3.8) is 0 Å². The predicted molar refractivity (Wildman–Crippen MR) is 53.3 cm³/mol. The summed E-state index contributed by atoms with van der Waals surface area (Å²) in [6.07, 6.45) is 2.05. The van der Waals surface area contributed by atoms with E-state index in [1.807, 2.05) is 6.92 Å². The molecule has 0 spiro atoms. The number of carboxylic acids is 1. The number of carboxylic acid groups (broad SMARTS) is 1. The molecule has 0 bridgehead atoms. The normalized spacial score (nSPS) is 28.8. The SMILES string of the molecule is CC1Cc2ncccc2C1(O)CC(=O)O. The number of hydrogen-bond acceptors (Lipinski definition) is 3. The summed E-state index contributed by atoms with van der Waals surface area (Å²) in [4.78, 5) is 14.9. The molecule has 1 aliphatic rings. The maximum atomic E-state index is 10.7. The van der Waals surface area contributed by atoms with Crippen molar-refractivity contribution < 1.29 is 15.0 Å². The van der Waals surface area contributed by atoms with Gasteiger partial charge in [-0.2, -0.15) is 0 Å². The van der Waals surface area contributed by atoms with E-state index in [1.165, 1.54) is 0 Å². The molecule has 0 aromatic carbocycles. The predicted octanol–water partition coefficient (Wildman–Crippen LogP) is 0.936. The summed E-state index contributed by atoms with van der Waals surface area (Å²) >= 11 is 0. The first-order valence-corrected chi connectivity index (χ1v) is 4.92. The number of aromatic nitrogens is 1. The van der Waals surface area contributed by atoms with Gasteiger partial charge in [0, 0.05) is 17.5 Å². The molecule has 1 aliphatic carbocycles. The van der Waals surface area contributed by atoms with E-state index in [-0.39, 0.29) is 12.3 Å². The third kappa shape index (κ3) is 1.51. The van der Waals surface area contributed by atoms with E-state index in [9.17, 15) is 9.90 Å². The first-order valence-electron chi connectivity index (χ1n) is 4.92. The van der Waals surface area contributed by atoms with Crippen molar-refractivity contribution in [3.8, 4) is 0 Å². The highest BCUT2D eigenvalue weighted by molar-refractivity contribution is 5.69. The van der Waals surface area contributed by atoms with Gasteiger partial charge in [0.15, 0.2) is 0 Å². The van der Waals surface area contributed by atoms with Crippen LogP contribution in [-0.2, 0) is 16.8 Å². The van der Waals surface area contributed by atoms with E-state index < -0.39 is 11.6 Å². The van der Waals surface area contributed by atoms with Crippen LogP contribution in [0.5, 0.6) is 0 Å². The van der Waals surface area contributed by atoms with E-state index in [4.69, 9.17) is 5.11 Å². The van der Waals surface area contributed by atoms with Crippen molar-refractivity contribution in [2.24, 2.45) is 5.92 Å². The van der Waals surface area contributed by atoms with Crippen LogP contribution in [0.4, 0.5) is 0 Å². The number of pyridine rings is 1. The Kier molecular flexibility index (Phi) is 2.23. The molecule has 15 heavy (non-hydrogen) atoms. The molecule has 4 nitrogen and oxygen atoms in total. The van der Waals surface area contributed by atoms with Crippen molar-refractivity contribution in [1.82, 2.24) is 4.98 Å². The number of aliphatic carboxylic acids is 1. The average Bonchev–Trinajstić information content (AvgIpc) is 2.39. The Hall–Kier alpha value is -1.42. The lowest BCUT2D eigenvalue weighted by atomic mass is 9.86. The van der Waals surface area contributed by atoms with Gasteiger partial charge in [0.1, 0.15) is 5.60 Å². The fraction of sp³-hybridized carbons (Fsp3) is 0.455. The summed E-state index contributed by atoms with van der Waals surface area (Å²) in [6, 6.07) is 3.48. The highest BCUT2D eigenvalue weighted by Gasteiger charge is 2.45. The average molecular weight is 207 g/mol. The zero-order chi connectivity index (χ0) is 11.1. The Morgan fingerprint density at radius 1 is 1.73 bits per heavy atom. The van der Waals surface area contributed by atoms with Gasteiger partial charge in [-0.3, -0.25) is 9.78 Å². The van der Waals surface area contributed by atoms with Gasteiger partial charge >= 0.3 is 5.97 Å². The minimum Gasteiger partial charge on any atom is -0.481 e. The van der Waals surface area contributed by atoms with Gasteiger partial charge < -0.3 is 10.2 Å². The smallest absolute Gasteiger partial charge is 0.306 e. The third-order valence-electron chi connectivity index (χ3n) is 3.09. The maximum absolute atomic E-state index is 10.7. The Bertz CT molecular complexity index is 405. The van der Waals surface area contributed by atoms with Crippen LogP contribution in [0.15, 0.2) is 18.3 Å². The summed E-state index contributed by atoms with van der Waals surface area (Å²) in [6.45, 7) is 1.85. The second-order valence-electron chi connectivity index (χ2n) is 4.10. The second kappa shape index (κ2) is 3.31. The van der Waals surface area contributed by atoms with Crippen LogP contribution in [0.2, 0.25) is 0 Å². The van der Waals surface area contributed by atoms with Gasteiger partial charge in [-0.1, -0.05) is 13.0 Å². The van der Waals surface area contributed by atoms with Crippen LogP contribution < -0.4 is 0 Å². The lowest BCUT2D eigenvalue weighted by Crippen LogP contribution is -2.32. The minimum absolute atomic E-state index is 0.0986. The van der Waals surface area contributed by atoms with Gasteiger partial charge in [0.25, 0.3) is 0 Å². The first kappa shape index (κ1) is 10.1. The summed E-state index contributed by atoms with van der Waals surface area (Å²) in [5, 5.41) is 19.2. The molecule has 1 aromatic heterocycles. The van der Waals surface area contributed by atoms with Crippen molar-refractivity contribution in [1.29, 1.82) is 0 Å². The lowest BCUT2D eigenvalue weighted by molar-refractivity contribution is -0.144. The van der Waals surface area contributed by atoms with E-state index in [0.29, 0.717) is 12.0 Å². The Morgan fingerprint density at radius 2 is 2.47 bits per heavy atom. The van der Waals surface area contributed by atoms with Crippen LogP contribution >= 0.6 is 0 Å². The fourth-order valence-corrected chi connectivity index (χ4v) is 2.22. The zero-order valence-electron chi connectivity index (χ0n) is 8.47. The van der Waals surface area contributed by atoms with Crippen molar-refractivity contribution in [3.05, 3.63) is 29.6 Å². The molecule has 4 heteroatoms.